The lowest BCUT2D eigenvalue weighted by Crippen LogP contribution is -2.43. The molecule has 0 unspecified atom stereocenters. The standard InChI is InChI=1S/C22H22N2O8S/c1-2-23(15-7-9-33(29,30)13-15)19(25)12-32-22(28)14-5-6-17-18(10-14)21(27)24(20(17)26)11-16-4-3-8-31-16/h3-6,8,10,15H,2,7,9,11-13H2,1H3/t15-/m0/s1. The summed E-state index contributed by atoms with van der Waals surface area (Å²) in [6.45, 7) is 1.43. The lowest BCUT2D eigenvalue weighted by atomic mass is 10.1. The van der Waals surface area contributed by atoms with Crippen molar-refractivity contribution in [1.29, 1.82) is 0 Å². The Balaban J connectivity index is 1.41. The molecule has 1 saturated heterocycles. The minimum atomic E-state index is -3.17. The van der Waals surface area contributed by atoms with Gasteiger partial charge in [-0.1, -0.05) is 0 Å². The first-order chi connectivity index (χ1) is 15.7. The molecule has 0 spiro atoms. The molecule has 2 aliphatic rings. The summed E-state index contributed by atoms with van der Waals surface area (Å²) < 4.78 is 33.7. The zero-order chi connectivity index (χ0) is 23.8. The van der Waals surface area contributed by atoms with Gasteiger partial charge in [-0.15, -0.1) is 0 Å². The molecule has 0 N–H and O–H groups in total. The highest BCUT2D eigenvalue weighted by molar-refractivity contribution is 7.91. The molecule has 3 heterocycles. The van der Waals surface area contributed by atoms with Gasteiger partial charge in [-0.05, 0) is 43.7 Å². The van der Waals surface area contributed by atoms with Crippen LogP contribution in [0.4, 0.5) is 0 Å². The Hall–Kier alpha value is -3.47. The van der Waals surface area contributed by atoms with Gasteiger partial charge in [-0.2, -0.15) is 0 Å². The summed E-state index contributed by atoms with van der Waals surface area (Å²) in [4.78, 5) is 52.7. The number of likely N-dealkylation sites (N-methyl/N-ethyl adjacent to an activating group) is 1. The van der Waals surface area contributed by atoms with Crippen LogP contribution in [0.15, 0.2) is 41.0 Å². The summed E-state index contributed by atoms with van der Waals surface area (Å²) in [5.41, 5.74) is 0.256. The van der Waals surface area contributed by atoms with Gasteiger partial charge in [0.15, 0.2) is 16.4 Å². The molecule has 33 heavy (non-hydrogen) atoms. The molecule has 3 amide bonds. The molecule has 0 bridgehead atoms. The highest BCUT2D eigenvalue weighted by atomic mass is 32.2. The molecule has 1 aromatic carbocycles. The van der Waals surface area contributed by atoms with E-state index in [0.717, 1.165) is 4.90 Å². The average Bonchev–Trinajstić information content (AvgIpc) is 3.48. The Morgan fingerprint density at radius 2 is 1.94 bits per heavy atom. The summed E-state index contributed by atoms with van der Waals surface area (Å²) in [7, 11) is -3.17. The fourth-order valence-electron chi connectivity index (χ4n) is 4.07. The zero-order valence-corrected chi connectivity index (χ0v) is 18.7. The molecule has 10 nitrogen and oxygen atoms in total. The fourth-order valence-corrected chi connectivity index (χ4v) is 5.80. The normalized spacial score (nSPS) is 18.9. The molecule has 1 fully saturated rings. The predicted octanol–water partition coefficient (Wildman–Crippen LogP) is 1.27. The van der Waals surface area contributed by atoms with E-state index in [4.69, 9.17) is 9.15 Å². The quantitative estimate of drug-likeness (QED) is 0.433. The average molecular weight is 474 g/mol. The maximum absolute atomic E-state index is 12.7. The zero-order valence-electron chi connectivity index (χ0n) is 17.9. The second-order valence-electron chi connectivity index (χ2n) is 7.85. The van der Waals surface area contributed by atoms with Crippen LogP contribution in [0.2, 0.25) is 0 Å². The summed E-state index contributed by atoms with van der Waals surface area (Å²) in [5.74, 6) is -2.01. The predicted molar refractivity (Wildman–Crippen MR) is 114 cm³/mol. The van der Waals surface area contributed by atoms with Gasteiger partial charge in [0, 0.05) is 12.6 Å². The highest BCUT2D eigenvalue weighted by Crippen LogP contribution is 2.26. The van der Waals surface area contributed by atoms with Crippen LogP contribution in [0, 0.1) is 0 Å². The number of amides is 3. The molecule has 2 aliphatic heterocycles. The van der Waals surface area contributed by atoms with Crippen LogP contribution in [0.3, 0.4) is 0 Å². The van der Waals surface area contributed by atoms with Gasteiger partial charge >= 0.3 is 5.97 Å². The van der Waals surface area contributed by atoms with E-state index in [1.807, 2.05) is 0 Å². The van der Waals surface area contributed by atoms with E-state index < -0.39 is 46.2 Å². The smallest absolute Gasteiger partial charge is 0.338 e. The number of hydrogen-bond donors (Lipinski definition) is 0. The van der Waals surface area contributed by atoms with Crippen molar-refractivity contribution in [1.82, 2.24) is 9.80 Å². The van der Waals surface area contributed by atoms with Crippen molar-refractivity contribution in [3.8, 4) is 0 Å². The van der Waals surface area contributed by atoms with E-state index in [2.05, 4.69) is 0 Å². The van der Waals surface area contributed by atoms with E-state index in [0.29, 0.717) is 12.2 Å². The molecular weight excluding hydrogens is 452 g/mol. The summed E-state index contributed by atoms with van der Waals surface area (Å²) >= 11 is 0. The number of benzene rings is 1. The number of sulfone groups is 1. The molecular formula is C22H22N2O8S. The second-order valence-corrected chi connectivity index (χ2v) is 10.1. The topological polar surface area (TPSA) is 131 Å². The number of rotatable bonds is 7. The van der Waals surface area contributed by atoms with Crippen LogP contribution in [-0.2, 0) is 25.9 Å². The van der Waals surface area contributed by atoms with Crippen LogP contribution in [0.25, 0.3) is 0 Å². The molecule has 0 saturated carbocycles. The van der Waals surface area contributed by atoms with Gasteiger partial charge in [0.05, 0.1) is 41.0 Å². The molecule has 4 rings (SSSR count). The molecule has 174 valence electrons. The Bertz CT molecular complexity index is 1220. The number of carbonyl (C=O) groups is 4. The Kier molecular flexibility index (Phi) is 6.07. The van der Waals surface area contributed by atoms with Gasteiger partial charge in [-0.25, -0.2) is 13.2 Å². The number of nitrogens with zero attached hydrogens (tertiary/aromatic N) is 2. The van der Waals surface area contributed by atoms with Crippen molar-refractivity contribution >= 4 is 33.5 Å². The number of ether oxygens (including phenoxy) is 1. The molecule has 11 heteroatoms. The molecule has 1 atom stereocenters. The SMILES string of the molecule is CCN(C(=O)COC(=O)c1ccc2c(c1)C(=O)N(Cc1ccco1)C2=O)[C@H]1CCS(=O)(=O)C1. The highest BCUT2D eigenvalue weighted by Gasteiger charge is 2.37. The first-order valence-corrected chi connectivity index (χ1v) is 12.2. The summed E-state index contributed by atoms with van der Waals surface area (Å²) in [5, 5.41) is 0. The fraction of sp³-hybridized carbons (Fsp3) is 0.364. The molecule has 0 aliphatic carbocycles. The van der Waals surface area contributed by atoms with E-state index in [1.54, 1.807) is 19.1 Å². The largest absolute Gasteiger partial charge is 0.467 e. The molecule has 0 radical (unpaired) electrons. The third kappa shape index (κ3) is 4.54. The minimum absolute atomic E-state index is 0.0223. The monoisotopic (exact) mass is 474 g/mol. The minimum Gasteiger partial charge on any atom is -0.467 e. The van der Waals surface area contributed by atoms with Gasteiger partial charge in [-0.3, -0.25) is 19.3 Å². The number of hydrogen-bond acceptors (Lipinski definition) is 8. The Morgan fingerprint density at radius 1 is 1.18 bits per heavy atom. The maximum atomic E-state index is 12.7. The van der Waals surface area contributed by atoms with Crippen LogP contribution in [-0.4, -0.2) is 72.6 Å². The molecule has 2 aromatic rings. The number of furan rings is 1. The summed E-state index contributed by atoms with van der Waals surface area (Å²) in [6.07, 6.45) is 1.79. The number of esters is 1. The van der Waals surface area contributed by atoms with Gasteiger partial charge < -0.3 is 14.1 Å². The Morgan fingerprint density at radius 3 is 2.58 bits per heavy atom. The second kappa shape index (κ2) is 8.81. The van der Waals surface area contributed by atoms with E-state index >= 15 is 0 Å². The third-order valence-corrected chi connectivity index (χ3v) is 7.49. The van der Waals surface area contributed by atoms with E-state index in [-0.39, 0.29) is 41.3 Å². The van der Waals surface area contributed by atoms with Crippen LogP contribution >= 0.6 is 0 Å². The van der Waals surface area contributed by atoms with E-state index in [1.165, 1.54) is 29.4 Å². The lowest BCUT2D eigenvalue weighted by molar-refractivity contribution is -0.136. The lowest BCUT2D eigenvalue weighted by Gasteiger charge is -2.26. The summed E-state index contributed by atoms with van der Waals surface area (Å²) in [6, 6.07) is 6.85. The molecule has 1 aromatic heterocycles. The van der Waals surface area contributed by atoms with Gasteiger partial charge in [0.25, 0.3) is 17.7 Å². The van der Waals surface area contributed by atoms with Crippen molar-refractivity contribution in [3.05, 3.63) is 59.0 Å². The van der Waals surface area contributed by atoms with Crippen LogP contribution in [0.5, 0.6) is 0 Å². The first-order valence-electron chi connectivity index (χ1n) is 10.4. The third-order valence-electron chi connectivity index (χ3n) is 5.74. The van der Waals surface area contributed by atoms with Crippen molar-refractivity contribution < 1.29 is 36.7 Å². The Labute approximate surface area is 190 Å². The number of fused-ring (bicyclic) bond motifs is 1. The van der Waals surface area contributed by atoms with Crippen molar-refractivity contribution in [3.63, 3.8) is 0 Å². The van der Waals surface area contributed by atoms with Crippen molar-refractivity contribution in [2.75, 3.05) is 24.7 Å². The number of carbonyl (C=O) groups excluding carboxylic acids is 4. The van der Waals surface area contributed by atoms with Gasteiger partial charge in [0.1, 0.15) is 5.76 Å². The van der Waals surface area contributed by atoms with Crippen LogP contribution in [0.1, 0.15) is 50.2 Å². The van der Waals surface area contributed by atoms with Gasteiger partial charge in [0.2, 0.25) is 0 Å². The maximum Gasteiger partial charge on any atom is 0.338 e. The van der Waals surface area contributed by atoms with E-state index in [9.17, 15) is 27.6 Å². The van der Waals surface area contributed by atoms with Crippen LogP contribution < -0.4 is 0 Å². The van der Waals surface area contributed by atoms with Crippen molar-refractivity contribution in [2.45, 2.75) is 25.9 Å². The van der Waals surface area contributed by atoms with Crippen molar-refractivity contribution in [2.24, 2.45) is 0 Å². The number of imide groups is 1. The first kappa shape index (κ1) is 22.7.